The van der Waals surface area contributed by atoms with Gasteiger partial charge in [-0.25, -0.2) is 0 Å². The number of methoxy groups -OCH3 is 1. The van der Waals surface area contributed by atoms with E-state index in [0.717, 1.165) is 18.7 Å². The van der Waals surface area contributed by atoms with Crippen LogP contribution in [0.2, 0.25) is 0 Å². The summed E-state index contributed by atoms with van der Waals surface area (Å²) in [7, 11) is 1.42. The van der Waals surface area contributed by atoms with Crippen LogP contribution in [-0.2, 0) is 9.53 Å². The molecule has 1 aliphatic heterocycles. The van der Waals surface area contributed by atoms with Gasteiger partial charge in [0, 0.05) is 5.92 Å². The molecule has 2 heterocycles. The fourth-order valence-corrected chi connectivity index (χ4v) is 2.34. The summed E-state index contributed by atoms with van der Waals surface area (Å²) in [5.74, 6) is 1.04. The summed E-state index contributed by atoms with van der Waals surface area (Å²) in [6, 6.07) is 3.85. The van der Waals surface area contributed by atoms with Crippen LogP contribution in [0.4, 0.5) is 0 Å². The molecule has 0 aliphatic carbocycles. The quantitative estimate of drug-likeness (QED) is 0.775. The number of nitrogens with one attached hydrogen (secondary N) is 1. The van der Waals surface area contributed by atoms with Crippen LogP contribution in [0.3, 0.4) is 0 Å². The molecule has 1 saturated heterocycles. The van der Waals surface area contributed by atoms with Crippen LogP contribution < -0.4 is 5.32 Å². The SMILES string of the molecule is COC(=O)C1(C)CC(c2ccco2)CCN1. The van der Waals surface area contributed by atoms with E-state index in [9.17, 15) is 4.79 Å². The van der Waals surface area contributed by atoms with Crippen molar-refractivity contribution in [3.05, 3.63) is 24.2 Å². The zero-order chi connectivity index (χ0) is 11.6. The molecular weight excluding hydrogens is 206 g/mol. The monoisotopic (exact) mass is 223 g/mol. The van der Waals surface area contributed by atoms with Crippen molar-refractivity contribution in [1.29, 1.82) is 0 Å². The molecule has 0 saturated carbocycles. The van der Waals surface area contributed by atoms with Gasteiger partial charge in [-0.05, 0) is 38.4 Å². The van der Waals surface area contributed by atoms with Crippen LogP contribution in [-0.4, -0.2) is 25.2 Å². The van der Waals surface area contributed by atoms with E-state index in [1.165, 1.54) is 7.11 Å². The van der Waals surface area contributed by atoms with Crippen LogP contribution in [0.25, 0.3) is 0 Å². The number of esters is 1. The molecule has 1 fully saturated rings. The first-order valence-corrected chi connectivity index (χ1v) is 5.52. The first-order chi connectivity index (χ1) is 7.65. The fraction of sp³-hybridized carbons (Fsp3) is 0.583. The molecule has 2 unspecified atom stereocenters. The van der Waals surface area contributed by atoms with Gasteiger partial charge in [-0.2, -0.15) is 0 Å². The Bertz CT molecular complexity index is 360. The van der Waals surface area contributed by atoms with Gasteiger partial charge in [-0.3, -0.25) is 4.79 Å². The number of hydrogen-bond donors (Lipinski definition) is 1. The number of carbonyl (C=O) groups excluding carboxylic acids is 1. The topological polar surface area (TPSA) is 51.5 Å². The van der Waals surface area contributed by atoms with Crippen molar-refractivity contribution < 1.29 is 13.9 Å². The van der Waals surface area contributed by atoms with Gasteiger partial charge in [0.05, 0.1) is 13.4 Å². The maximum atomic E-state index is 11.7. The summed E-state index contributed by atoms with van der Waals surface area (Å²) >= 11 is 0. The highest BCUT2D eigenvalue weighted by atomic mass is 16.5. The number of carbonyl (C=O) groups is 1. The molecule has 1 N–H and O–H groups in total. The Kier molecular flexibility index (Phi) is 3.01. The number of ether oxygens (including phenoxy) is 1. The van der Waals surface area contributed by atoms with E-state index in [0.29, 0.717) is 12.3 Å². The van der Waals surface area contributed by atoms with E-state index in [-0.39, 0.29) is 5.97 Å². The van der Waals surface area contributed by atoms with Crippen molar-refractivity contribution in [1.82, 2.24) is 5.32 Å². The lowest BCUT2D eigenvalue weighted by Gasteiger charge is -2.36. The maximum absolute atomic E-state index is 11.7. The third-order valence-corrected chi connectivity index (χ3v) is 3.24. The van der Waals surface area contributed by atoms with Crippen molar-refractivity contribution in [3.63, 3.8) is 0 Å². The Morgan fingerprint density at radius 1 is 1.69 bits per heavy atom. The van der Waals surface area contributed by atoms with Crippen molar-refractivity contribution in [3.8, 4) is 0 Å². The van der Waals surface area contributed by atoms with E-state index in [2.05, 4.69) is 5.32 Å². The number of furan rings is 1. The van der Waals surface area contributed by atoms with Gasteiger partial charge in [-0.15, -0.1) is 0 Å². The normalized spacial score (nSPS) is 30.0. The van der Waals surface area contributed by atoms with Gasteiger partial charge >= 0.3 is 5.97 Å². The molecule has 0 spiro atoms. The molecule has 0 aromatic carbocycles. The molecule has 0 bridgehead atoms. The van der Waals surface area contributed by atoms with Gasteiger partial charge in [0.1, 0.15) is 11.3 Å². The second-order valence-electron chi connectivity index (χ2n) is 4.46. The van der Waals surface area contributed by atoms with Crippen LogP contribution in [0.5, 0.6) is 0 Å². The Balaban J connectivity index is 2.12. The number of rotatable bonds is 2. The highest BCUT2D eigenvalue weighted by Crippen LogP contribution is 2.33. The zero-order valence-electron chi connectivity index (χ0n) is 9.66. The van der Waals surface area contributed by atoms with E-state index >= 15 is 0 Å². The third kappa shape index (κ3) is 1.97. The van der Waals surface area contributed by atoms with Crippen LogP contribution in [0, 0.1) is 0 Å². The molecule has 4 nitrogen and oxygen atoms in total. The summed E-state index contributed by atoms with van der Waals surface area (Å²) in [5, 5.41) is 3.22. The second-order valence-corrected chi connectivity index (χ2v) is 4.46. The smallest absolute Gasteiger partial charge is 0.325 e. The molecule has 2 rings (SSSR count). The Labute approximate surface area is 95.0 Å². The number of piperidine rings is 1. The second kappa shape index (κ2) is 4.29. The molecule has 1 aromatic heterocycles. The van der Waals surface area contributed by atoms with E-state index in [4.69, 9.17) is 9.15 Å². The maximum Gasteiger partial charge on any atom is 0.325 e. The minimum absolute atomic E-state index is 0.205. The van der Waals surface area contributed by atoms with E-state index in [1.807, 2.05) is 19.1 Å². The average molecular weight is 223 g/mol. The minimum atomic E-state index is -0.593. The lowest BCUT2D eigenvalue weighted by Crippen LogP contribution is -2.54. The standard InChI is InChI=1S/C12H17NO3/c1-12(11(14)15-2)8-9(5-6-13-12)10-4-3-7-16-10/h3-4,7,9,13H,5-6,8H2,1-2H3. The molecular formula is C12H17NO3. The summed E-state index contributed by atoms with van der Waals surface area (Å²) in [6.45, 7) is 2.69. The van der Waals surface area contributed by atoms with Gasteiger partial charge in [0.2, 0.25) is 0 Å². The Morgan fingerprint density at radius 2 is 2.50 bits per heavy atom. The third-order valence-electron chi connectivity index (χ3n) is 3.24. The van der Waals surface area contributed by atoms with Crippen molar-refractivity contribution >= 4 is 5.97 Å². The summed E-state index contributed by atoms with van der Waals surface area (Å²) < 4.78 is 10.2. The van der Waals surface area contributed by atoms with Crippen LogP contribution in [0.15, 0.2) is 22.8 Å². The van der Waals surface area contributed by atoms with Gasteiger partial charge in [-0.1, -0.05) is 0 Å². The van der Waals surface area contributed by atoms with Gasteiger partial charge in [0.25, 0.3) is 0 Å². The summed E-state index contributed by atoms with van der Waals surface area (Å²) in [4.78, 5) is 11.7. The molecule has 2 atom stereocenters. The van der Waals surface area contributed by atoms with Crippen molar-refractivity contribution in [2.75, 3.05) is 13.7 Å². The van der Waals surface area contributed by atoms with Crippen molar-refractivity contribution in [2.24, 2.45) is 0 Å². The Morgan fingerprint density at radius 3 is 3.12 bits per heavy atom. The lowest BCUT2D eigenvalue weighted by atomic mass is 9.82. The molecule has 1 aromatic rings. The average Bonchev–Trinajstić information content (AvgIpc) is 2.81. The molecule has 1 aliphatic rings. The Hall–Kier alpha value is -1.29. The van der Waals surface area contributed by atoms with Gasteiger partial charge in [0.15, 0.2) is 0 Å². The fourth-order valence-electron chi connectivity index (χ4n) is 2.34. The van der Waals surface area contributed by atoms with E-state index < -0.39 is 5.54 Å². The van der Waals surface area contributed by atoms with Crippen LogP contribution in [0.1, 0.15) is 31.4 Å². The predicted octanol–water partition coefficient (Wildman–Crippen LogP) is 1.68. The van der Waals surface area contributed by atoms with Crippen LogP contribution >= 0.6 is 0 Å². The molecule has 0 radical (unpaired) electrons. The minimum Gasteiger partial charge on any atom is -0.469 e. The van der Waals surface area contributed by atoms with Gasteiger partial charge < -0.3 is 14.5 Å². The molecule has 0 amide bonds. The highest BCUT2D eigenvalue weighted by Gasteiger charge is 2.40. The number of hydrogen-bond acceptors (Lipinski definition) is 4. The first-order valence-electron chi connectivity index (χ1n) is 5.52. The van der Waals surface area contributed by atoms with E-state index in [1.54, 1.807) is 6.26 Å². The van der Waals surface area contributed by atoms with Crippen molar-refractivity contribution in [2.45, 2.75) is 31.2 Å². The zero-order valence-corrected chi connectivity index (χ0v) is 9.66. The summed E-state index contributed by atoms with van der Waals surface area (Å²) in [6.07, 6.45) is 3.38. The summed E-state index contributed by atoms with van der Waals surface area (Å²) in [5.41, 5.74) is -0.593. The molecule has 4 heteroatoms. The predicted molar refractivity (Wildman–Crippen MR) is 59.1 cm³/mol. The molecule has 88 valence electrons. The first kappa shape index (κ1) is 11.2. The lowest BCUT2D eigenvalue weighted by molar-refractivity contribution is -0.149. The largest absolute Gasteiger partial charge is 0.469 e. The molecule has 16 heavy (non-hydrogen) atoms. The highest BCUT2D eigenvalue weighted by molar-refractivity contribution is 5.80.